The van der Waals surface area contributed by atoms with Crippen molar-refractivity contribution in [3.63, 3.8) is 0 Å². The standard InChI is InChI=1S/C16H19FN4O3S2/c17-12-2-4-13(5-3-12)26(23,24)21-7-1-6-20(8-9-21)16(22)14-11-25-15(10-18)19-14/h2-5,11H,1,6-10,18H2. The Kier molecular flexibility index (Phi) is 5.66. The van der Waals surface area contributed by atoms with E-state index < -0.39 is 15.8 Å². The molecule has 1 aromatic heterocycles. The summed E-state index contributed by atoms with van der Waals surface area (Å²) in [6, 6.07) is 4.75. The molecule has 1 aliphatic rings. The van der Waals surface area contributed by atoms with E-state index in [1.54, 1.807) is 10.3 Å². The highest BCUT2D eigenvalue weighted by atomic mass is 32.2. The lowest BCUT2D eigenvalue weighted by Crippen LogP contribution is -2.37. The number of nitrogens with two attached hydrogens (primary N) is 1. The van der Waals surface area contributed by atoms with Gasteiger partial charge in [-0.25, -0.2) is 17.8 Å². The summed E-state index contributed by atoms with van der Waals surface area (Å²) in [6.07, 6.45) is 0.514. The predicted molar refractivity (Wildman–Crippen MR) is 95.7 cm³/mol. The summed E-state index contributed by atoms with van der Waals surface area (Å²) in [4.78, 5) is 18.4. The van der Waals surface area contributed by atoms with Gasteiger partial charge in [0.2, 0.25) is 10.0 Å². The fourth-order valence-corrected chi connectivity index (χ4v) is 4.88. The summed E-state index contributed by atoms with van der Waals surface area (Å²) in [5.74, 6) is -0.710. The lowest BCUT2D eigenvalue weighted by molar-refractivity contribution is 0.0759. The second-order valence-corrected chi connectivity index (χ2v) is 8.71. The van der Waals surface area contributed by atoms with Gasteiger partial charge in [0, 0.05) is 38.1 Å². The van der Waals surface area contributed by atoms with E-state index in [0.717, 1.165) is 12.1 Å². The van der Waals surface area contributed by atoms with Crippen LogP contribution in [0.4, 0.5) is 4.39 Å². The summed E-state index contributed by atoms with van der Waals surface area (Å²) < 4.78 is 39.8. The maximum Gasteiger partial charge on any atom is 0.273 e. The quantitative estimate of drug-likeness (QED) is 0.837. The molecule has 0 aliphatic carbocycles. The van der Waals surface area contributed by atoms with Crippen molar-refractivity contribution in [3.05, 3.63) is 46.2 Å². The number of nitrogens with zero attached hydrogens (tertiary/aromatic N) is 3. The first-order chi connectivity index (χ1) is 12.4. The number of carbonyl (C=O) groups excluding carboxylic acids is 1. The van der Waals surface area contributed by atoms with Gasteiger partial charge in [-0.15, -0.1) is 11.3 Å². The van der Waals surface area contributed by atoms with Crippen molar-refractivity contribution in [2.45, 2.75) is 17.9 Å². The van der Waals surface area contributed by atoms with Crippen LogP contribution in [0.5, 0.6) is 0 Å². The Morgan fingerprint density at radius 1 is 1.19 bits per heavy atom. The van der Waals surface area contributed by atoms with Crippen molar-refractivity contribution in [2.75, 3.05) is 26.2 Å². The fraction of sp³-hybridized carbons (Fsp3) is 0.375. The van der Waals surface area contributed by atoms with Crippen LogP contribution in [0.25, 0.3) is 0 Å². The number of amides is 1. The zero-order valence-corrected chi connectivity index (χ0v) is 15.6. The van der Waals surface area contributed by atoms with Crippen LogP contribution in [0.15, 0.2) is 34.5 Å². The van der Waals surface area contributed by atoms with Crippen molar-refractivity contribution in [1.82, 2.24) is 14.2 Å². The van der Waals surface area contributed by atoms with E-state index in [1.165, 1.54) is 27.8 Å². The van der Waals surface area contributed by atoms with Crippen LogP contribution in [0.1, 0.15) is 21.9 Å². The van der Waals surface area contributed by atoms with E-state index in [1.807, 2.05) is 0 Å². The lowest BCUT2D eigenvalue weighted by atomic mass is 10.3. The van der Waals surface area contributed by atoms with E-state index >= 15 is 0 Å². The molecule has 0 unspecified atom stereocenters. The second kappa shape index (κ2) is 7.78. The number of thiazole rings is 1. The smallest absolute Gasteiger partial charge is 0.273 e. The number of rotatable bonds is 4. The van der Waals surface area contributed by atoms with Gasteiger partial charge in [-0.2, -0.15) is 4.31 Å². The number of hydrogen-bond acceptors (Lipinski definition) is 6. The van der Waals surface area contributed by atoms with Gasteiger partial charge in [0.15, 0.2) is 0 Å². The SMILES string of the molecule is NCc1nc(C(=O)N2CCCN(S(=O)(=O)c3ccc(F)cc3)CC2)cs1. The number of sulfonamides is 1. The lowest BCUT2D eigenvalue weighted by Gasteiger charge is -2.21. The van der Waals surface area contributed by atoms with Crippen molar-refractivity contribution in [1.29, 1.82) is 0 Å². The maximum atomic E-state index is 13.0. The number of halogens is 1. The molecule has 0 atom stereocenters. The molecule has 0 radical (unpaired) electrons. The monoisotopic (exact) mass is 398 g/mol. The molecular weight excluding hydrogens is 379 g/mol. The molecule has 2 aromatic rings. The first kappa shape index (κ1) is 18.9. The van der Waals surface area contributed by atoms with E-state index in [9.17, 15) is 17.6 Å². The molecule has 0 bridgehead atoms. The average Bonchev–Trinajstić information content (AvgIpc) is 2.97. The van der Waals surface area contributed by atoms with E-state index in [2.05, 4.69) is 4.98 Å². The molecule has 1 fully saturated rings. The first-order valence-electron chi connectivity index (χ1n) is 8.11. The molecule has 26 heavy (non-hydrogen) atoms. The third-order valence-electron chi connectivity index (χ3n) is 4.14. The van der Waals surface area contributed by atoms with Gasteiger partial charge in [-0.3, -0.25) is 4.79 Å². The van der Waals surface area contributed by atoms with E-state index in [-0.39, 0.29) is 30.4 Å². The summed E-state index contributed by atoms with van der Waals surface area (Å²) in [6.45, 7) is 1.48. The molecule has 1 aromatic carbocycles. The van der Waals surface area contributed by atoms with Crippen molar-refractivity contribution < 1.29 is 17.6 Å². The summed E-state index contributed by atoms with van der Waals surface area (Å²) in [5, 5.41) is 2.35. The van der Waals surface area contributed by atoms with Gasteiger partial charge in [0.25, 0.3) is 5.91 Å². The van der Waals surface area contributed by atoms with Gasteiger partial charge in [0.05, 0.1) is 4.90 Å². The molecular formula is C16H19FN4O3S2. The number of hydrogen-bond donors (Lipinski definition) is 1. The highest BCUT2D eigenvalue weighted by Gasteiger charge is 2.29. The van der Waals surface area contributed by atoms with Gasteiger partial charge in [-0.1, -0.05) is 0 Å². The van der Waals surface area contributed by atoms with Crippen LogP contribution in [-0.4, -0.2) is 54.7 Å². The maximum absolute atomic E-state index is 13.0. The Balaban J connectivity index is 1.71. The Hall–Kier alpha value is -1.88. The van der Waals surface area contributed by atoms with Crippen LogP contribution in [0.3, 0.4) is 0 Å². The first-order valence-corrected chi connectivity index (χ1v) is 10.4. The van der Waals surface area contributed by atoms with Crippen LogP contribution in [0.2, 0.25) is 0 Å². The third kappa shape index (κ3) is 3.93. The van der Waals surface area contributed by atoms with E-state index in [0.29, 0.717) is 30.2 Å². The molecule has 1 saturated heterocycles. The van der Waals surface area contributed by atoms with Gasteiger partial charge < -0.3 is 10.6 Å². The number of aromatic nitrogens is 1. The average molecular weight is 398 g/mol. The topological polar surface area (TPSA) is 96.6 Å². The Labute approximate surface area is 155 Å². The van der Waals surface area contributed by atoms with Crippen LogP contribution in [0, 0.1) is 5.82 Å². The third-order valence-corrected chi connectivity index (χ3v) is 6.92. The zero-order chi connectivity index (χ0) is 18.7. The largest absolute Gasteiger partial charge is 0.336 e. The molecule has 1 aliphatic heterocycles. The Bertz CT molecular complexity index is 883. The Morgan fingerprint density at radius 3 is 2.58 bits per heavy atom. The minimum absolute atomic E-state index is 0.0470. The summed E-state index contributed by atoms with van der Waals surface area (Å²) in [7, 11) is -3.72. The highest BCUT2D eigenvalue weighted by Crippen LogP contribution is 2.19. The molecule has 2 heterocycles. The van der Waals surface area contributed by atoms with Gasteiger partial charge >= 0.3 is 0 Å². The number of benzene rings is 1. The van der Waals surface area contributed by atoms with Gasteiger partial charge in [0.1, 0.15) is 16.5 Å². The second-order valence-electron chi connectivity index (χ2n) is 5.83. The van der Waals surface area contributed by atoms with Crippen LogP contribution >= 0.6 is 11.3 Å². The van der Waals surface area contributed by atoms with Crippen molar-refractivity contribution in [3.8, 4) is 0 Å². The molecule has 7 nitrogen and oxygen atoms in total. The Morgan fingerprint density at radius 2 is 1.92 bits per heavy atom. The molecule has 1 amide bonds. The molecule has 0 spiro atoms. The van der Waals surface area contributed by atoms with Crippen molar-refractivity contribution in [2.24, 2.45) is 5.73 Å². The minimum Gasteiger partial charge on any atom is -0.336 e. The normalized spacial score (nSPS) is 16.5. The predicted octanol–water partition coefficient (Wildman–Crippen LogP) is 1.28. The fourth-order valence-electron chi connectivity index (χ4n) is 2.76. The highest BCUT2D eigenvalue weighted by molar-refractivity contribution is 7.89. The molecule has 3 rings (SSSR count). The summed E-state index contributed by atoms with van der Waals surface area (Å²) >= 11 is 1.33. The van der Waals surface area contributed by atoms with Gasteiger partial charge in [-0.05, 0) is 30.7 Å². The number of carbonyl (C=O) groups is 1. The molecule has 10 heteroatoms. The summed E-state index contributed by atoms with van der Waals surface area (Å²) in [5.41, 5.74) is 5.86. The zero-order valence-electron chi connectivity index (χ0n) is 14.0. The molecule has 0 saturated carbocycles. The molecule has 140 valence electrons. The minimum atomic E-state index is -3.72. The van der Waals surface area contributed by atoms with Crippen LogP contribution < -0.4 is 5.73 Å². The van der Waals surface area contributed by atoms with Crippen molar-refractivity contribution >= 4 is 27.3 Å². The van der Waals surface area contributed by atoms with Crippen LogP contribution in [-0.2, 0) is 16.6 Å². The van der Waals surface area contributed by atoms with E-state index in [4.69, 9.17) is 5.73 Å². The molecule has 2 N–H and O–H groups in total.